The molecule has 0 unspecified atom stereocenters. The average Bonchev–Trinajstić information content (AvgIpc) is 3.04. The molecule has 2 aromatic carbocycles. The van der Waals surface area contributed by atoms with Gasteiger partial charge in [-0.1, -0.05) is 42.5 Å². The van der Waals surface area contributed by atoms with Crippen molar-refractivity contribution in [3.05, 3.63) is 71.8 Å². The van der Waals surface area contributed by atoms with E-state index in [1.165, 1.54) is 10.5 Å². The zero-order valence-corrected chi connectivity index (χ0v) is 16.3. The van der Waals surface area contributed by atoms with Gasteiger partial charge < -0.3 is 9.30 Å². The zero-order valence-electron chi connectivity index (χ0n) is 15.5. The number of thioether (sulfide) groups is 1. The largest absolute Gasteiger partial charge is 0.461 e. The molecule has 0 aliphatic heterocycles. The van der Waals surface area contributed by atoms with Gasteiger partial charge in [-0.05, 0) is 35.9 Å². The van der Waals surface area contributed by atoms with Crippen molar-refractivity contribution in [2.24, 2.45) is 7.05 Å². The highest BCUT2D eigenvalue weighted by molar-refractivity contribution is 7.98. The third kappa shape index (κ3) is 3.62. The number of aryl methyl sites for hydroxylation is 1. The SMILES string of the molecule is [C-]#[N+]c1cn(C)c(C(=O)OCC)c1-c1ccc(-c2ccccc2SC)cc1. The van der Waals surface area contributed by atoms with Crippen molar-refractivity contribution >= 4 is 23.4 Å². The van der Waals surface area contributed by atoms with E-state index in [4.69, 9.17) is 11.3 Å². The molecule has 0 spiro atoms. The molecule has 0 atom stereocenters. The van der Waals surface area contributed by atoms with Crippen molar-refractivity contribution in [2.45, 2.75) is 11.8 Å². The van der Waals surface area contributed by atoms with Gasteiger partial charge in [0.2, 0.25) is 5.69 Å². The number of benzene rings is 2. The van der Waals surface area contributed by atoms with Crippen LogP contribution in [0.2, 0.25) is 0 Å². The number of nitrogens with zero attached hydrogens (tertiary/aromatic N) is 2. The molecule has 4 nitrogen and oxygen atoms in total. The van der Waals surface area contributed by atoms with Crippen LogP contribution < -0.4 is 0 Å². The summed E-state index contributed by atoms with van der Waals surface area (Å²) in [5.41, 5.74) is 4.56. The van der Waals surface area contributed by atoms with Gasteiger partial charge in [0.15, 0.2) is 0 Å². The Balaban J connectivity index is 2.08. The predicted octanol–water partition coefficient (Wildman–Crippen LogP) is 5.81. The maximum atomic E-state index is 12.4. The van der Waals surface area contributed by atoms with Crippen molar-refractivity contribution in [3.8, 4) is 22.3 Å². The first-order chi connectivity index (χ1) is 13.1. The van der Waals surface area contributed by atoms with Crippen molar-refractivity contribution in [1.82, 2.24) is 4.57 Å². The fourth-order valence-corrected chi connectivity index (χ4v) is 3.75. The second-order valence-corrected chi connectivity index (χ2v) is 6.81. The van der Waals surface area contributed by atoms with Crippen molar-refractivity contribution in [1.29, 1.82) is 0 Å². The molecule has 3 rings (SSSR count). The standard InChI is InChI=1S/C22H20N2O2S/c1-5-26-22(25)21-20(18(23-2)14-24(21)3)16-12-10-15(11-13-16)17-8-6-7-9-19(17)27-4/h6-14H,5H2,1,3-4H3. The molecule has 1 heterocycles. The molecule has 0 bridgehead atoms. The van der Waals surface area contributed by atoms with Gasteiger partial charge in [0.05, 0.1) is 13.2 Å². The van der Waals surface area contributed by atoms with Crippen LogP contribution in [0.15, 0.2) is 59.6 Å². The highest BCUT2D eigenvalue weighted by atomic mass is 32.2. The summed E-state index contributed by atoms with van der Waals surface area (Å²) in [7, 11) is 1.76. The lowest BCUT2D eigenvalue weighted by Gasteiger charge is -2.10. The number of carbonyl (C=O) groups is 1. The average molecular weight is 376 g/mol. The molecule has 0 N–H and O–H groups in total. The zero-order chi connectivity index (χ0) is 19.4. The Morgan fingerprint density at radius 1 is 1.15 bits per heavy atom. The lowest BCUT2D eigenvalue weighted by molar-refractivity contribution is 0.0516. The van der Waals surface area contributed by atoms with Crippen molar-refractivity contribution in [3.63, 3.8) is 0 Å². The van der Waals surface area contributed by atoms with E-state index in [0.717, 1.165) is 11.1 Å². The Kier molecular flexibility index (Phi) is 5.68. The lowest BCUT2D eigenvalue weighted by Crippen LogP contribution is -2.10. The van der Waals surface area contributed by atoms with E-state index < -0.39 is 5.97 Å². The van der Waals surface area contributed by atoms with Gasteiger partial charge in [-0.3, -0.25) is 0 Å². The summed E-state index contributed by atoms with van der Waals surface area (Å²) in [6.45, 7) is 9.54. The Labute approximate surface area is 163 Å². The number of hydrogen-bond donors (Lipinski definition) is 0. The molecule has 27 heavy (non-hydrogen) atoms. The third-order valence-electron chi connectivity index (χ3n) is 4.34. The van der Waals surface area contributed by atoms with Crippen LogP contribution in [0.4, 0.5) is 5.69 Å². The number of carbonyl (C=O) groups excluding carboxylic acids is 1. The van der Waals surface area contributed by atoms with Crippen LogP contribution in [-0.4, -0.2) is 23.4 Å². The first-order valence-electron chi connectivity index (χ1n) is 8.58. The summed E-state index contributed by atoms with van der Waals surface area (Å²) in [5.74, 6) is -0.415. The summed E-state index contributed by atoms with van der Waals surface area (Å²) in [5, 5.41) is 0. The van der Waals surface area contributed by atoms with E-state index in [0.29, 0.717) is 23.6 Å². The van der Waals surface area contributed by atoms with Crippen LogP contribution in [0.5, 0.6) is 0 Å². The molecule has 0 saturated heterocycles. The van der Waals surface area contributed by atoms with E-state index in [2.05, 4.69) is 23.2 Å². The number of aromatic nitrogens is 1. The third-order valence-corrected chi connectivity index (χ3v) is 5.14. The molecule has 0 saturated carbocycles. The Hall–Kier alpha value is -2.97. The predicted molar refractivity (Wildman–Crippen MR) is 110 cm³/mol. The van der Waals surface area contributed by atoms with E-state index >= 15 is 0 Å². The first-order valence-corrected chi connectivity index (χ1v) is 9.80. The second-order valence-electron chi connectivity index (χ2n) is 5.96. The molecule has 3 aromatic rings. The van der Waals surface area contributed by atoms with Crippen LogP contribution in [0.1, 0.15) is 17.4 Å². The fraction of sp³-hybridized carbons (Fsp3) is 0.182. The normalized spacial score (nSPS) is 10.4. The minimum absolute atomic E-state index is 0.293. The van der Waals surface area contributed by atoms with Gasteiger partial charge in [-0.2, -0.15) is 0 Å². The van der Waals surface area contributed by atoms with Gasteiger partial charge in [0.1, 0.15) is 5.69 Å². The molecule has 0 fully saturated rings. The summed E-state index contributed by atoms with van der Waals surface area (Å²) >= 11 is 1.71. The Morgan fingerprint density at radius 2 is 1.81 bits per heavy atom. The molecule has 136 valence electrons. The van der Waals surface area contributed by atoms with Gasteiger partial charge in [-0.25, -0.2) is 9.64 Å². The molecule has 1 aromatic heterocycles. The molecule has 0 aliphatic rings. The van der Waals surface area contributed by atoms with Crippen LogP contribution in [-0.2, 0) is 11.8 Å². The monoisotopic (exact) mass is 376 g/mol. The van der Waals surface area contributed by atoms with E-state index in [-0.39, 0.29) is 0 Å². The molecule has 5 heteroatoms. The summed E-state index contributed by atoms with van der Waals surface area (Å²) < 4.78 is 6.85. The van der Waals surface area contributed by atoms with E-state index in [1.54, 1.807) is 36.5 Å². The number of rotatable bonds is 5. The van der Waals surface area contributed by atoms with E-state index in [1.807, 2.05) is 36.4 Å². The number of esters is 1. The Morgan fingerprint density at radius 3 is 2.44 bits per heavy atom. The van der Waals surface area contributed by atoms with Crippen LogP contribution in [0, 0.1) is 6.57 Å². The van der Waals surface area contributed by atoms with Gasteiger partial charge in [-0.15, -0.1) is 11.8 Å². The van der Waals surface area contributed by atoms with Gasteiger partial charge in [0.25, 0.3) is 0 Å². The van der Waals surface area contributed by atoms with Gasteiger partial charge in [0, 0.05) is 23.7 Å². The molecule has 0 aliphatic carbocycles. The maximum Gasteiger partial charge on any atom is 0.354 e. The molecular weight excluding hydrogens is 356 g/mol. The second kappa shape index (κ2) is 8.15. The highest BCUT2D eigenvalue weighted by Gasteiger charge is 2.22. The van der Waals surface area contributed by atoms with Crippen molar-refractivity contribution < 1.29 is 9.53 Å². The summed E-state index contributed by atoms with van der Waals surface area (Å²) in [6, 6.07) is 16.2. The fourth-order valence-electron chi connectivity index (χ4n) is 3.12. The molecule has 0 radical (unpaired) electrons. The molecule has 0 amide bonds. The smallest absolute Gasteiger partial charge is 0.354 e. The summed E-state index contributed by atoms with van der Waals surface area (Å²) in [6.07, 6.45) is 3.73. The highest BCUT2D eigenvalue weighted by Crippen LogP contribution is 2.37. The van der Waals surface area contributed by atoms with Crippen molar-refractivity contribution in [2.75, 3.05) is 12.9 Å². The minimum Gasteiger partial charge on any atom is -0.461 e. The van der Waals surface area contributed by atoms with Crippen LogP contribution in [0.25, 0.3) is 27.1 Å². The number of ether oxygens (including phenoxy) is 1. The maximum absolute atomic E-state index is 12.4. The van der Waals surface area contributed by atoms with Crippen LogP contribution in [0.3, 0.4) is 0 Å². The lowest BCUT2D eigenvalue weighted by atomic mass is 9.99. The quantitative estimate of drug-likeness (QED) is 0.320. The number of hydrogen-bond acceptors (Lipinski definition) is 3. The molecular formula is C22H20N2O2S. The van der Waals surface area contributed by atoms with Gasteiger partial charge >= 0.3 is 5.97 Å². The van der Waals surface area contributed by atoms with E-state index in [9.17, 15) is 4.79 Å². The minimum atomic E-state index is -0.415. The first kappa shape index (κ1) is 18.8. The Bertz CT molecular complexity index is 1010. The summed E-state index contributed by atoms with van der Waals surface area (Å²) in [4.78, 5) is 17.2. The topological polar surface area (TPSA) is 35.6 Å². The van der Waals surface area contributed by atoms with Crippen LogP contribution >= 0.6 is 11.8 Å².